The number of benzene rings is 1. The Balaban J connectivity index is 1.70. The van der Waals surface area contributed by atoms with Crippen LogP contribution in [0.25, 0.3) is 11.2 Å². The predicted octanol–water partition coefficient (Wildman–Crippen LogP) is 3.30. The number of imidazole rings is 1. The van der Waals surface area contributed by atoms with Gasteiger partial charge in [-0.25, -0.2) is 9.78 Å². The summed E-state index contributed by atoms with van der Waals surface area (Å²) in [5, 5.41) is 6.65. The number of H-pyrrole nitrogens is 1. The lowest BCUT2D eigenvalue weighted by Gasteiger charge is -2.19. The maximum Gasteiger partial charge on any atom is 0.573 e. The summed E-state index contributed by atoms with van der Waals surface area (Å²) >= 11 is 6.01. The van der Waals surface area contributed by atoms with E-state index < -0.39 is 23.8 Å². The molecule has 1 aliphatic heterocycles. The van der Waals surface area contributed by atoms with Crippen LogP contribution in [0.5, 0.6) is 5.75 Å². The van der Waals surface area contributed by atoms with E-state index >= 15 is 0 Å². The summed E-state index contributed by atoms with van der Waals surface area (Å²) in [5.74, 6) is 0.337. The average molecular weight is 457 g/mol. The number of alkyl halides is 3. The van der Waals surface area contributed by atoms with Gasteiger partial charge in [-0.2, -0.15) is 4.98 Å². The zero-order valence-electron chi connectivity index (χ0n) is 16.5. The Morgan fingerprint density at radius 1 is 1.42 bits per heavy atom. The van der Waals surface area contributed by atoms with Gasteiger partial charge in [0.25, 0.3) is 0 Å². The summed E-state index contributed by atoms with van der Waals surface area (Å²) < 4.78 is 44.0. The summed E-state index contributed by atoms with van der Waals surface area (Å²) in [6, 6.07) is 2.91. The van der Waals surface area contributed by atoms with Gasteiger partial charge < -0.3 is 20.4 Å². The first-order chi connectivity index (χ1) is 14.7. The Morgan fingerprint density at radius 2 is 2.23 bits per heavy atom. The van der Waals surface area contributed by atoms with Crippen molar-refractivity contribution in [3.8, 4) is 5.75 Å². The summed E-state index contributed by atoms with van der Waals surface area (Å²) in [4.78, 5) is 23.9. The monoisotopic (exact) mass is 456 g/mol. The molecule has 1 aliphatic rings. The normalized spacial score (nSPS) is 17.8. The largest absolute Gasteiger partial charge is 0.573 e. The van der Waals surface area contributed by atoms with Gasteiger partial charge in [0.05, 0.1) is 12.2 Å². The van der Waals surface area contributed by atoms with Gasteiger partial charge in [-0.05, 0) is 50.6 Å². The quantitative estimate of drug-likeness (QED) is 0.526. The third-order valence-electron chi connectivity index (χ3n) is 5.20. The molecule has 1 fully saturated rings. The number of aromatic amines is 1. The van der Waals surface area contributed by atoms with Crippen LogP contribution in [0.3, 0.4) is 0 Å². The van der Waals surface area contributed by atoms with Crippen LogP contribution in [-0.2, 0) is 0 Å². The summed E-state index contributed by atoms with van der Waals surface area (Å²) in [6.07, 6.45) is -2.38. The Kier molecular flexibility index (Phi) is 5.80. The van der Waals surface area contributed by atoms with Gasteiger partial charge in [0.15, 0.2) is 5.65 Å². The fourth-order valence-corrected chi connectivity index (χ4v) is 3.87. The first kappa shape index (κ1) is 21.4. The number of hydrogen-bond acceptors (Lipinski definition) is 6. The highest BCUT2D eigenvalue weighted by molar-refractivity contribution is 6.30. The van der Waals surface area contributed by atoms with Crippen LogP contribution in [0.1, 0.15) is 24.9 Å². The van der Waals surface area contributed by atoms with E-state index in [4.69, 9.17) is 11.6 Å². The molecule has 1 aromatic carbocycles. The van der Waals surface area contributed by atoms with E-state index in [0.29, 0.717) is 23.9 Å². The number of rotatable bonds is 6. The van der Waals surface area contributed by atoms with E-state index in [1.165, 1.54) is 22.9 Å². The highest BCUT2D eigenvalue weighted by Crippen LogP contribution is 2.34. The number of nitrogens with zero attached hydrogens (tertiary/aromatic N) is 3. The number of anilines is 1. The predicted molar refractivity (Wildman–Crippen MR) is 110 cm³/mol. The maximum atomic E-state index is 12.9. The molecule has 8 nitrogen and oxygen atoms in total. The fraction of sp³-hybridized carbons (Fsp3) is 0.421. The van der Waals surface area contributed by atoms with E-state index in [9.17, 15) is 18.0 Å². The van der Waals surface area contributed by atoms with E-state index in [1.54, 1.807) is 6.92 Å². The van der Waals surface area contributed by atoms with Crippen molar-refractivity contribution in [2.75, 3.05) is 25.0 Å². The van der Waals surface area contributed by atoms with E-state index in [2.05, 4.69) is 30.3 Å². The van der Waals surface area contributed by atoms with Crippen molar-refractivity contribution in [2.24, 2.45) is 5.92 Å². The molecule has 0 unspecified atom stereocenters. The smallest absolute Gasteiger partial charge is 0.405 e. The molecule has 0 saturated carbocycles. The van der Waals surface area contributed by atoms with Crippen LogP contribution in [0.4, 0.5) is 19.1 Å². The van der Waals surface area contributed by atoms with Crippen molar-refractivity contribution in [1.82, 2.24) is 24.8 Å². The molecule has 0 radical (unpaired) electrons. The summed E-state index contributed by atoms with van der Waals surface area (Å²) in [7, 11) is 0. The van der Waals surface area contributed by atoms with Crippen molar-refractivity contribution in [3.63, 3.8) is 0 Å². The van der Waals surface area contributed by atoms with Crippen molar-refractivity contribution >= 4 is 28.7 Å². The van der Waals surface area contributed by atoms with Crippen LogP contribution < -0.4 is 21.1 Å². The molecule has 31 heavy (non-hydrogen) atoms. The number of nitrogens with one attached hydrogen (secondary N) is 3. The molecule has 3 aromatic rings. The third-order valence-corrected chi connectivity index (χ3v) is 5.44. The summed E-state index contributed by atoms with van der Waals surface area (Å²) in [5.41, 5.74) is 0.188. The molecule has 0 bridgehead atoms. The summed E-state index contributed by atoms with van der Waals surface area (Å²) in [6.45, 7) is 4.10. The van der Waals surface area contributed by atoms with E-state index in [1.807, 2.05) is 0 Å². The van der Waals surface area contributed by atoms with Gasteiger partial charge in [0.2, 0.25) is 5.95 Å². The van der Waals surface area contributed by atoms with Gasteiger partial charge in [-0.15, -0.1) is 13.2 Å². The molecular weight excluding hydrogens is 437 g/mol. The minimum absolute atomic E-state index is 0.0953. The first-order valence-corrected chi connectivity index (χ1v) is 10.1. The Labute approximate surface area is 179 Å². The second-order valence-corrected chi connectivity index (χ2v) is 7.81. The van der Waals surface area contributed by atoms with Crippen LogP contribution >= 0.6 is 11.6 Å². The third kappa shape index (κ3) is 4.77. The lowest BCUT2D eigenvalue weighted by molar-refractivity contribution is -0.275. The molecule has 2 aromatic heterocycles. The van der Waals surface area contributed by atoms with Crippen molar-refractivity contribution in [3.05, 3.63) is 45.5 Å². The van der Waals surface area contributed by atoms with Crippen LogP contribution in [0, 0.1) is 5.92 Å². The maximum absolute atomic E-state index is 12.9. The zero-order valence-corrected chi connectivity index (χ0v) is 17.2. The second-order valence-electron chi connectivity index (χ2n) is 7.38. The van der Waals surface area contributed by atoms with Gasteiger partial charge in [0.1, 0.15) is 11.3 Å². The number of ether oxygens (including phenoxy) is 1. The highest BCUT2D eigenvalue weighted by Gasteiger charge is 2.33. The van der Waals surface area contributed by atoms with Crippen molar-refractivity contribution < 1.29 is 17.9 Å². The molecule has 2 atom stereocenters. The number of fused-ring (bicyclic) bond motifs is 1. The molecule has 0 aliphatic carbocycles. The van der Waals surface area contributed by atoms with E-state index in [0.717, 1.165) is 25.6 Å². The van der Waals surface area contributed by atoms with Gasteiger partial charge in [-0.1, -0.05) is 11.6 Å². The van der Waals surface area contributed by atoms with Crippen molar-refractivity contribution in [2.45, 2.75) is 25.7 Å². The molecule has 0 amide bonds. The average Bonchev–Trinajstić information content (AvgIpc) is 3.32. The number of hydrogen-bond donors (Lipinski definition) is 3. The topological polar surface area (TPSA) is 96.9 Å². The Hall–Kier alpha value is -2.79. The SMILES string of the molecule is C[C@H](c1cc(Cl)ccc1OC(F)(F)F)n1c(=O)[nH]c2cnc(NC[C@@H]3CCNC3)nc21. The second kappa shape index (κ2) is 8.39. The lowest BCUT2D eigenvalue weighted by Crippen LogP contribution is -2.24. The molecule has 3 heterocycles. The van der Waals surface area contributed by atoms with Crippen LogP contribution in [-0.4, -0.2) is 45.5 Å². The lowest BCUT2D eigenvalue weighted by atomic mass is 10.1. The van der Waals surface area contributed by atoms with Gasteiger partial charge >= 0.3 is 12.1 Å². The molecule has 3 N–H and O–H groups in total. The minimum Gasteiger partial charge on any atom is -0.405 e. The van der Waals surface area contributed by atoms with Crippen LogP contribution in [0.2, 0.25) is 5.02 Å². The minimum atomic E-state index is -4.89. The molecule has 4 rings (SSSR count). The van der Waals surface area contributed by atoms with Gasteiger partial charge in [-0.3, -0.25) is 4.57 Å². The van der Waals surface area contributed by atoms with Crippen molar-refractivity contribution in [1.29, 1.82) is 0 Å². The van der Waals surface area contributed by atoms with Gasteiger partial charge in [0, 0.05) is 17.1 Å². The Bertz CT molecular complexity index is 1140. The molecular formula is C19H20ClF3N6O2. The molecule has 12 heteroatoms. The first-order valence-electron chi connectivity index (χ1n) is 9.68. The molecule has 0 spiro atoms. The van der Waals surface area contributed by atoms with Crippen LogP contribution in [0.15, 0.2) is 29.2 Å². The Morgan fingerprint density at radius 3 is 2.94 bits per heavy atom. The zero-order chi connectivity index (χ0) is 22.2. The fourth-order valence-electron chi connectivity index (χ4n) is 3.69. The number of halogens is 4. The highest BCUT2D eigenvalue weighted by atomic mass is 35.5. The van der Waals surface area contributed by atoms with E-state index in [-0.39, 0.29) is 16.2 Å². The standard InChI is InChI=1S/C19H20ClF3N6O2/c1-10(13-6-12(20)2-3-15(13)31-19(21,22)23)29-16-14(27-18(29)30)9-26-17(28-16)25-8-11-4-5-24-7-11/h2-3,6,9-11,24H,4-5,7-8H2,1H3,(H,27,30)(H,25,26,28)/t10-,11-/m1/s1. The molecule has 1 saturated heterocycles. The number of aromatic nitrogens is 4. The molecule has 166 valence electrons.